The van der Waals surface area contributed by atoms with E-state index in [1.165, 1.54) is 12.1 Å². The summed E-state index contributed by atoms with van der Waals surface area (Å²) in [6.07, 6.45) is 3.74. The molecule has 2 saturated heterocycles. The smallest absolute Gasteiger partial charge is 0.239 e. The molecule has 1 aromatic carbocycles. The van der Waals surface area contributed by atoms with E-state index in [1.54, 1.807) is 12.1 Å². The first-order chi connectivity index (χ1) is 14.9. The molecule has 2 amide bonds. The van der Waals surface area contributed by atoms with Crippen LogP contribution in [0.3, 0.4) is 0 Å². The molecule has 0 radical (unpaired) electrons. The third-order valence-electron chi connectivity index (χ3n) is 6.63. The van der Waals surface area contributed by atoms with E-state index in [1.807, 2.05) is 18.7 Å². The van der Waals surface area contributed by atoms with Crippen molar-refractivity contribution in [3.8, 4) is 0 Å². The highest BCUT2D eigenvalue weighted by molar-refractivity contribution is 5.84. The number of benzene rings is 1. The van der Waals surface area contributed by atoms with E-state index in [2.05, 4.69) is 22.0 Å². The molecule has 172 valence electrons. The van der Waals surface area contributed by atoms with Gasteiger partial charge in [0.15, 0.2) is 0 Å². The molecule has 1 N–H and O–H groups in total. The first-order valence-electron chi connectivity index (χ1n) is 11.7. The highest BCUT2D eigenvalue weighted by Gasteiger charge is 2.33. The molecule has 7 heteroatoms. The van der Waals surface area contributed by atoms with Crippen molar-refractivity contribution in [3.63, 3.8) is 0 Å². The summed E-state index contributed by atoms with van der Waals surface area (Å²) >= 11 is 0. The van der Waals surface area contributed by atoms with Crippen LogP contribution in [0, 0.1) is 11.7 Å². The number of amides is 2. The molecule has 0 bridgehead atoms. The molecular weight excluding hydrogens is 395 g/mol. The maximum Gasteiger partial charge on any atom is 0.239 e. The third kappa shape index (κ3) is 6.19. The summed E-state index contributed by atoms with van der Waals surface area (Å²) in [5.41, 5.74) is 1.02. The van der Waals surface area contributed by atoms with Gasteiger partial charge in [0.2, 0.25) is 11.8 Å². The summed E-state index contributed by atoms with van der Waals surface area (Å²) < 4.78 is 13.2. The Morgan fingerprint density at radius 1 is 1.10 bits per heavy atom. The fourth-order valence-corrected chi connectivity index (χ4v) is 4.70. The number of carbonyl (C=O) groups excluding carboxylic acids is 2. The van der Waals surface area contributed by atoms with Crippen molar-refractivity contribution in [1.29, 1.82) is 0 Å². The molecule has 2 aliphatic heterocycles. The molecule has 3 rings (SSSR count). The molecule has 2 heterocycles. The van der Waals surface area contributed by atoms with Crippen LogP contribution in [0.5, 0.6) is 0 Å². The normalized spacial score (nSPS) is 22.1. The molecular formula is C24H37FN4O2. The Morgan fingerprint density at radius 2 is 1.77 bits per heavy atom. The molecule has 1 aromatic rings. The lowest BCUT2D eigenvalue weighted by Gasteiger charge is -2.41. The summed E-state index contributed by atoms with van der Waals surface area (Å²) in [7, 11) is 0. The minimum absolute atomic E-state index is 0.0824. The third-order valence-corrected chi connectivity index (χ3v) is 6.63. The van der Waals surface area contributed by atoms with Gasteiger partial charge in [-0.3, -0.25) is 14.5 Å². The Labute approximate surface area is 185 Å². The second kappa shape index (κ2) is 10.9. The molecule has 0 saturated carbocycles. The maximum absolute atomic E-state index is 13.2. The lowest BCUT2D eigenvalue weighted by molar-refractivity contribution is -0.140. The summed E-state index contributed by atoms with van der Waals surface area (Å²) in [4.78, 5) is 32.1. The van der Waals surface area contributed by atoms with E-state index >= 15 is 0 Å². The monoisotopic (exact) mass is 432 g/mol. The number of carbonyl (C=O) groups is 2. The second-order valence-electron chi connectivity index (χ2n) is 9.00. The zero-order chi connectivity index (χ0) is 22.4. The van der Waals surface area contributed by atoms with E-state index in [4.69, 9.17) is 0 Å². The van der Waals surface area contributed by atoms with Gasteiger partial charge < -0.3 is 15.1 Å². The quantitative estimate of drug-likeness (QED) is 0.720. The van der Waals surface area contributed by atoms with Crippen molar-refractivity contribution < 1.29 is 14.0 Å². The summed E-state index contributed by atoms with van der Waals surface area (Å²) in [5.74, 6) is -0.136. The molecule has 2 aliphatic rings. The van der Waals surface area contributed by atoms with Gasteiger partial charge in [0.05, 0.1) is 12.0 Å². The second-order valence-corrected chi connectivity index (χ2v) is 9.00. The van der Waals surface area contributed by atoms with Crippen LogP contribution in [0.4, 0.5) is 10.1 Å². The number of nitrogens with zero attached hydrogens (tertiary/aromatic N) is 3. The van der Waals surface area contributed by atoms with Crippen LogP contribution in [0.1, 0.15) is 46.5 Å². The predicted octanol–water partition coefficient (Wildman–Crippen LogP) is 2.88. The topological polar surface area (TPSA) is 55.9 Å². The van der Waals surface area contributed by atoms with Crippen molar-refractivity contribution in [2.24, 2.45) is 5.92 Å². The highest BCUT2D eigenvalue weighted by Crippen LogP contribution is 2.21. The first-order valence-corrected chi connectivity index (χ1v) is 11.7. The molecule has 0 spiro atoms. The Balaban J connectivity index is 1.50. The average Bonchev–Trinajstić information content (AvgIpc) is 2.79. The highest BCUT2D eigenvalue weighted by atomic mass is 19.1. The SMILES string of the molecule is CCCC(C)NC(=O)C1CCCN(C(=O)C(C)N2CCN(c3ccc(F)cc3)CC2)C1. The number of rotatable bonds is 7. The van der Waals surface area contributed by atoms with E-state index < -0.39 is 0 Å². The van der Waals surface area contributed by atoms with Crippen LogP contribution in [-0.4, -0.2) is 73.0 Å². The van der Waals surface area contributed by atoms with Gasteiger partial charge in [0, 0.05) is 51.0 Å². The molecule has 3 unspecified atom stereocenters. The predicted molar refractivity (Wildman–Crippen MR) is 121 cm³/mol. The van der Waals surface area contributed by atoms with E-state index in [0.717, 1.165) is 64.1 Å². The van der Waals surface area contributed by atoms with Crippen molar-refractivity contribution in [2.45, 2.75) is 58.5 Å². The summed E-state index contributed by atoms with van der Waals surface area (Å²) in [6, 6.07) is 6.57. The number of piperazine rings is 1. The van der Waals surface area contributed by atoms with E-state index in [-0.39, 0.29) is 35.6 Å². The number of likely N-dealkylation sites (tertiary alicyclic amines) is 1. The van der Waals surface area contributed by atoms with Crippen molar-refractivity contribution in [3.05, 3.63) is 30.1 Å². The largest absolute Gasteiger partial charge is 0.369 e. The summed E-state index contributed by atoms with van der Waals surface area (Å²) in [5, 5.41) is 3.11. The minimum Gasteiger partial charge on any atom is -0.369 e. The molecule has 0 aliphatic carbocycles. The maximum atomic E-state index is 13.2. The van der Waals surface area contributed by atoms with Gasteiger partial charge in [-0.2, -0.15) is 0 Å². The zero-order valence-electron chi connectivity index (χ0n) is 19.1. The van der Waals surface area contributed by atoms with Gasteiger partial charge in [-0.25, -0.2) is 4.39 Å². The Hall–Kier alpha value is -2.15. The lowest BCUT2D eigenvalue weighted by atomic mass is 9.96. The van der Waals surface area contributed by atoms with Crippen molar-refractivity contribution in [1.82, 2.24) is 15.1 Å². The number of halogens is 1. The summed E-state index contributed by atoms with van der Waals surface area (Å²) in [6.45, 7) is 10.6. The zero-order valence-corrected chi connectivity index (χ0v) is 19.1. The van der Waals surface area contributed by atoms with Gasteiger partial charge >= 0.3 is 0 Å². The van der Waals surface area contributed by atoms with Crippen LogP contribution in [0.15, 0.2) is 24.3 Å². The minimum atomic E-state index is -0.227. The number of anilines is 1. The van der Waals surface area contributed by atoms with Gasteiger partial charge in [-0.1, -0.05) is 13.3 Å². The average molecular weight is 433 g/mol. The van der Waals surface area contributed by atoms with Gasteiger partial charge in [-0.05, 0) is 57.4 Å². The molecule has 0 aromatic heterocycles. The van der Waals surface area contributed by atoms with Crippen LogP contribution in [0.2, 0.25) is 0 Å². The fraction of sp³-hybridized carbons (Fsp3) is 0.667. The number of nitrogens with one attached hydrogen (secondary N) is 1. The van der Waals surface area contributed by atoms with Crippen LogP contribution < -0.4 is 10.2 Å². The first kappa shape index (κ1) is 23.5. The lowest BCUT2D eigenvalue weighted by Crippen LogP contribution is -2.56. The van der Waals surface area contributed by atoms with E-state index in [9.17, 15) is 14.0 Å². The van der Waals surface area contributed by atoms with Crippen LogP contribution in [-0.2, 0) is 9.59 Å². The number of hydrogen-bond acceptors (Lipinski definition) is 4. The molecule has 6 nitrogen and oxygen atoms in total. The van der Waals surface area contributed by atoms with Crippen LogP contribution >= 0.6 is 0 Å². The fourth-order valence-electron chi connectivity index (χ4n) is 4.70. The number of piperidine rings is 1. The van der Waals surface area contributed by atoms with Gasteiger partial charge in [0.1, 0.15) is 5.82 Å². The molecule has 31 heavy (non-hydrogen) atoms. The Kier molecular flexibility index (Phi) is 8.29. The number of hydrogen-bond donors (Lipinski definition) is 1. The van der Waals surface area contributed by atoms with Crippen molar-refractivity contribution >= 4 is 17.5 Å². The van der Waals surface area contributed by atoms with Crippen molar-refractivity contribution in [2.75, 3.05) is 44.2 Å². The van der Waals surface area contributed by atoms with E-state index in [0.29, 0.717) is 6.54 Å². The van der Waals surface area contributed by atoms with Crippen LogP contribution in [0.25, 0.3) is 0 Å². The molecule has 3 atom stereocenters. The Bertz CT molecular complexity index is 734. The Morgan fingerprint density at radius 3 is 2.42 bits per heavy atom. The van der Waals surface area contributed by atoms with Gasteiger partial charge in [-0.15, -0.1) is 0 Å². The molecule has 2 fully saturated rings. The van der Waals surface area contributed by atoms with Gasteiger partial charge in [0.25, 0.3) is 0 Å². The standard InChI is InChI=1S/C24H37FN4O2/c1-4-6-18(2)26-23(30)20-7-5-12-29(17-20)24(31)19(3)27-13-15-28(16-14-27)22-10-8-21(25)9-11-22/h8-11,18-20H,4-7,12-17H2,1-3H3,(H,26,30).